The molecule has 0 fully saturated rings. The number of halogens is 2. The number of amides is 2. The fourth-order valence-electron chi connectivity index (χ4n) is 1.51. The zero-order valence-electron chi connectivity index (χ0n) is 11.6. The van der Waals surface area contributed by atoms with Gasteiger partial charge in [0.1, 0.15) is 5.82 Å². The molecule has 0 saturated heterocycles. The molecule has 0 aliphatic heterocycles. The van der Waals surface area contributed by atoms with Gasteiger partial charge in [0.15, 0.2) is 0 Å². The molecule has 3 N–H and O–H groups in total. The fraction of sp³-hybridized carbons (Fsp3) is 0.385. The standard InChI is InChI=1S/C13H18FN3O2.ClH/c1-8(7-15)17(3)13(19)10-4-5-11(14)12(6-10)16-9(2)18;/h4-6,8H,7,15H2,1-3H3,(H,16,18);1H. The SMILES string of the molecule is CC(=O)Nc1cc(C(=O)N(C)C(C)CN)ccc1F.Cl. The third-order valence-corrected chi connectivity index (χ3v) is 2.85. The van der Waals surface area contributed by atoms with E-state index in [-0.39, 0.29) is 30.0 Å². The van der Waals surface area contributed by atoms with Crippen molar-refractivity contribution in [2.45, 2.75) is 19.9 Å². The van der Waals surface area contributed by atoms with E-state index >= 15 is 0 Å². The van der Waals surface area contributed by atoms with E-state index in [1.165, 1.54) is 24.0 Å². The summed E-state index contributed by atoms with van der Waals surface area (Å²) in [7, 11) is 1.63. The van der Waals surface area contributed by atoms with Gasteiger partial charge in [-0.3, -0.25) is 9.59 Å². The van der Waals surface area contributed by atoms with E-state index < -0.39 is 11.7 Å². The lowest BCUT2D eigenvalue weighted by Gasteiger charge is -2.23. The van der Waals surface area contributed by atoms with E-state index in [1.807, 2.05) is 6.92 Å². The molecule has 0 bridgehead atoms. The van der Waals surface area contributed by atoms with E-state index in [0.717, 1.165) is 6.07 Å². The molecule has 0 aliphatic rings. The highest BCUT2D eigenvalue weighted by atomic mass is 35.5. The highest BCUT2D eigenvalue weighted by Crippen LogP contribution is 2.17. The lowest BCUT2D eigenvalue weighted by atomic mass is 10.1. The number of hydrogen-bond donors (Lipinski definition) is 2. The summed E-state index contributed by atoms with van der Waals surface area (Å²) in [6.45, 7) is 3.43. The maximum Gasteiger partial charge on any atom is 0.253 e. The molecule has 0 radical (unpaired) electrons. The van der Waals surface area contributed by atoms with Crippen LogP contribution < -0.4 is 11.1 Å². The lowest BCUT2D eigenvalue weighted by Crippen LogP contribution is -2.39. The Balaban J connectivity index is 0.00000361. The Morgan fingerprint density at radius 2 is 2.05 bits per heavy atom. The monoisotopic (exact) mass is 303 g/mol. The van der Waals surface area contributed by atoms with E-state index in [0.29, 0.717) is 12.1 Å². The molecule has 0 aromatic heterocycles. The average Bonchev–Trinajstić information content (AvgIpc) is 2.38. The summed E-state index contributed by atoms with van der Waals surface area (Å²) in [5.74, 6) is -1.25. The molecular formula is C13H19ClFN3O2. The average molecular weight is 304 g/mol. The van der Waals surface area contributed by atoms with Crippen molar-refractivity contribution in [1.82, 2.24) is 4.90 Å². The summed E-state index contributed by atoms with van der Waals surface area (Å²) in [5.41, 5.74) is 5.79. The quantitative estimate of drug-likeness (QED) is 0.887. The highest BCUT2D eigenvalue weighted by Gasteiger charge is 2.17. The van der Waals surface area contributed by atoms with Gasteiger partial charge in [0, 0.05) is 32.1 Å². The minimum atomic E-state index is -0.582. The first-order chi connectivity index (χ1) is 8.86. The van der Waals surface area contributed by atoms with Crippen molar-refractivity contribution >= 4 is 29.9 Å². The number of likely N-dealkylation sites (N-methyl/N-ethyl adjacent to an activating group) is 1. The third kappa shape index (κ3) is 4.47. The van der Waals surface area contributed by atoms with Crippen LogP contribution in [-0.2, 0) is 4.79 Å². The van der Waals surface area contributed by atoms with Crippen LogP contribution in [-0.4, -0.2) is 36.3 Å². The number of carbonyl (C=O) groups is 2. The van der Waals surface area contributed by atoms with Gasteiger partial charge in [-0.1, -0.05) is 0 Å². The molecule has 0 saturated carbocycles. The Bertz CT molecular complexity index is 497. The zero-order chi connectivity index (χ0) is 14.6. The second-order valence-electron chi connectivity index (χ2n) is 4.38. The third-order valence-electron chi connectivity index (χ3n) is 2.85. The normalized spacial score (nSPS) is 11.2. The van der Waals surface area contributed by atoms with Crippen molar-refractivity contribution in [2.75, 3.05) is 18.9 Å². The number of anilines is 1. The van der Waals surface area contributed by atoms with Gasteiger partial charge in [-0.15, -0.1) is 12.4 Å². The van der Waals surface area contributed by atoms with Crippen molar-refractivity contribution in [3.63, 3.8) is 0 Å². The molecule has 0 aliphatic carbocycles. The first-order valence-electron chi connectivity index (χ1n) is 5.91. The van der Waals surface area contributed by atoms with Crippen LogP contribution in [0.4, 0.5) is 10.1 Å². The Hall–Kier alpha value is -1.66. The van der Waals surface area contributed by atoms with Crippen LogP contribution in [0.15, 0.2) is 18.2 Å². The molecule has 112 valence electrons. The smallest absolute Gasteiger partial charge is 0.253 e. The highest BCUT2D eigenvalue weighted by molar-refractivity contribution is 5.96. The lowest BCUT2D eigenvalue weighted by molar-refractivity contribution is -0.114. The molecule has 1 aromatic rings. The van der Waals surface area contributed by atoms with Crippen molar-refractivity contribution < 1.29 is 14.0 Å². The number of rotatable bonds is 4. The molecular weight excluding hydrogens is 285 g/mol. The number of nitrogens with zero attached hydrogens (tertiary/aromatic N) is 1. The zero-order valence-corrected chi connectivity index (χ0v) is 12.5. The molecule has 1 rings (SSSR count). The van der Waals surface area contributed by atoms with E-state index in [1.54, 1.807) is 7.05 Å². The van der Waals surface area contributed by atoms with Crippen molar-refractivity contribution in [1.29, 1.82) is 0 Å². The molecule has 5 nitrogen and oxygen atoms in total. The topological polar surface area (TPSA) is 75.4 Å². The first kappa shape index (κ1) is 18.3. The summed E-state index contributed by atoms with van der Waals surface area (Å²) in [6.07, 6.45) is 0. The molecule has 2 amide bonds. The Kier molecular flexibility index (Phi) is 7.17. The molecule has 20 heavy (non-hydrogen) atoms. The summed E-state index contributed by atoms with van der Waals surface area (Å²) >= 11 is 0. The summed E-state index contributed by atoms with van der Waals surface area (Å²) in [4.78, 5) is 24.6. The summed E-state index contributed by atoms with van der Waals surface area (Å²) in [6, 6.07) is 3.72. The van der Waals surface area contributed by atoms with Crippen molar-refractivity contribution in [3.8, 4) is 0 Å². The number of carbonyl (C=O) groups excluding carboxylic acids is 2. The van der Waals surface area contributed by atoms with Crippen LogP contribution in [0.3, 0.4) is 0 Å². The van der Waals surface area contributed by atoms with E-state index in [2.05, 4.69) is 5.32 Å². The Labute approximate surface area is 123 Å². The molecule has 0 spiro atoms. The largest absolute Gasteiger partial charge is 0.338 e. The second kappa shape index (κ2) is 7.81. The first-order valence-corrected chi connectivity index (χ1v) is 5.91. The summed E-state index contributed by atoms with van der Waals surface area (Å²) in [5, 5.41) is 2.34. The van der Waals surface area contributed by atoms with Gasteiger partial charge in [-0.2, -0.15) is 0 Å². The molecule has 7 heteroatoms. The second-order valence-corrected chi connectivity index (χ2v) is 4.38. The van der Waals surface area contributed by atoms with Crippen LogP contribution in [0.5, 0.6) is 0 Å². The predicted molar refractivity (Wildman–Crippen MR) is 78.6 cm³/mol. The van der Waals surface area contributed by atoms with Gasteiger partial charge in [0.2, 0.25) is 5.91 Å². The van der Waals surface area contributed by atoms with Gasteiger partial charge < -0.3 is 16.0 Å². The maximum absolute atomic E-state index is 13.5. The number of nitrogens with two attached hydrogens (primary N) is 1. The fourth-order valence-corrected chi connectivity index (χ4v) is 1.51. The van der Waals surface area contributed by atoms with Crippen molar-refractivity contribution in [2.24, 2.45) is 5.73 Å². The van der Waals surface area contributed by atoms with Gasteiger partial charge >= 0.3 is 0 Å². The number of benzene rings is 1. The van der Waals surface area contributed by atoms with Crippen LogP contribution in [0.1, 0.15) is 24.2 Å². The van der Waals surface area contributed by atoms with Crippen molar-refractivity contribution in [3.05, 3.63) is 29.6 Å². The molecule has 1 unspecified atom stereocenters. The van der Waals surface area contributed by atoms with Gasteiger partial charge in [0.25, 0.3) is 5.91 Å². The van der Waals surface area contributed by atoms with Gasteiger partial charge in [-0.25, -0.2) is 4.39 Å². The van der Waals surface area contributed by atoms with E-state index in [9.17, 15) is 14.0 Å². The van der Waals surface area contributed by atoms with Crippen LogP contribution in [0.2, 0.25) is 0 Å². The van der Waals surface area contributed by atoms with Crippen LogP contribution >= 0.6 is 12.4 Å². The van der Waals surface area contributed by atoms with Gasteiger partial charge in [-0.05, 0) is 25.1 Å². The predicted octanol–water partition coefficient (Wildman–Crippen LogP) is 1.63. The van der Waals surface area contributed by atoms with Gasteiger partial charge in [0.05, 0.1) is 5.69 Å². The molecule has 1 atom stereocenters. The van der Waals surface area contributed by atoms with Crippen LogP contribution in [0.25, 0.3) is 0 Å². The van der Waals surface area contributed by atoms with E-state index in [4.69, 9.17) is 5.73 Å². The minimum Gasteiger partial charge on any atom is -0.338 e. The molecule has 0 heterocycles. The minimum absolute atomic E-state index is 0. The number of nitrogens with one attached hydrogen (secondary N) is 1. The van der Waals surface area contributed by atoms with Crippen LogP contribution in [0, 0.1) is 5.82 Å². The molecule has 1 aromatic carbocycles. The summed E-state index contributed by atoms with van der Waals surface area (Å²) < 4.78 is 13.5. The Morgan fingerprint density at radius 3 is 2.55 bits per heavy atom. The number of hydrogen-bond acceptors (Lipinski definition) is 3. The Morgan fingerprint density at radius 1 is 1.45 bits per heavy atom. The maximum atomic E-state index is 13.5.